The van der Waals surface area contributed by atoms with Crippen molar-refractivity contribution < 1.29 is 38.9 Å². The number of carboxylic acid groups (broad SMARTS) is 2. The van der Waals surface area contributed by atoms with E-state index in [1.807, 2.05) is 0 Å². The molecular weight excluding hydrogens is 284 g/mol. The summed E-state index contributed by atoms with van der Waals surface area (Å²) in [4.78, 5) is 45.2. The molecule has 0 bridgehead atoms. The minimum absolute atomic E-state index is 0.436. The summed E-state index contributed by atoms with van der Waals surface area (Å²) in [6, 6.07) is 1.90. The summed E-state index contributed by atoms with van der Waals surface area (Å²) in [5.74, 6) is -5.76. The number of esters is 2. The van der Waals surface area contributed by atoms with Gasteiger partial charge in [-0.3, -0.25) is 0 Å². The van der Waals surface area contributed by atoms with E-state index < -0.39 is 46.3 Å². The Labute approximate surface area is 118 Å². The highest BCUT2D eigenvalue weighted by Gasteiger charge is 2.29. The van der Waals surface area contributed by atoms with Crippen molar-refractivity contribution in [3.05, 3.63) is 41.5 Å². The first-order valence-corrected chi connectivity index (χ1v) is 5.39. The zero-order chi connectivity index (χ0) is 16.2. The van der Waals surface area contributed by atoms with Gasteiger partial charge in [-0.2, -0.15) is 0 Å². The highest BCUT2D eigenvalue weighted by molar-refractivity contribution is 6.11. The fourth-order valence-electron chi connectivity index (χ4n) is 1.52. The second-order valence-corrected chi connectivity index (χ2v) is 3.59. The molecule has 0 atom stereocenters. The number of rotatable bonds is 5. The molecule has 21 heavy (non-hydrogen) atoms. The van der Waals surface area contributed by atoms with E-state index >= 15 is 0 Å². The molecule has 8 heteroatoms. The maximum absolute atomic E-state index is 11.7. The molecule has 1 rings (SSSR count). The van der Waals surface area contributed by atoms with Gasteiger partial charge >= 0.3 is 23.9 Å². The van der Waals surface area contributed by atoms with Crippen molar-refractivity contribution in [1.29, 1.82) is 0 Å². The summed E-state index contributed by atoms with van der Waals surface area (Å²) in [6.45, 7) is 3.15. The predicted molar refractivity (Wildman–Crippen MR) is 67.5 cm³/mol. The molecule has 0 aliphatic heterocycles. The Hall–Kier alpha value is -3.16. The fraction of sp³-hybridized carbons (Fsp3) is 0.0769. The minimum Gasteiger partial charge on any atom is -0.478 e. The van der Waals surface area contributed by atoms with Crippen LogP contribution in [0.25, 0.3) is 0 Å². The second-order valence-electron chi connectivity index (χ2n) is 3.59. The average molecular weight is 294 g/mol. The summed E-state index contributed by atoms with van der Waals surface area (Å²) in [7, 11) is 0.973. The zero-order valence-corrected chi connectivity index (χ0v) is 10.8. The highest BCUT2D eigenvalue weighted by atomic mass is 16.5. The van der Waals surface area contributed by atoms with Crippen LogP contribution in [0.2, 0.25) is 0 Å². The number of carbonyl (C=O) groups excluding carboxylic acids is 2. The van der Waals surface area contributed by atoms with Crippen LogP contribution in [0.4, 0.5) is 0 Å². The number of benzene rings is 1. The first kappa shape index (κ1) is 15.9. The molecule has 0 aliphatic rings. The topological polar surface area (TPSA) is 127 Å². The molecule has 0 spiro atoms. The average Bonchev–Trinajstić information content (AvgIpc) is 2.45. The SMILES string of the molecule is C=CC(=O)Oc1ccc(C(=O)O)c(C(=O)O)c1C(=O)OC. The zero-order valence-electron chi connectivity index (χ0n) is 10.8. The Morgan fingerprint density at radius 1 is 1.10 bits per heavy atom. The first-order chi connectivity index (χ1) is 9.83. The van der Waals surface area contributed by atoms with Gasteiger partial charge in [0.15, 0.2) is 0 Å². The molecule has 0 fully saturated rings. The Morgan fingerprint density at radius 3 is 2.14 bits per heavy atom. The highest BCUT2D eigenvalue weighted by Crippen LogP contribution is 2.27. The molecule has 0 amide bonds. The molecule has 110 valence electrons. The molecule has 0 heterocycles. The van der Waals surface area contributed by atoms with Crippen molar-refractivity contribution in [2.45, 2.75) is 0 Å². The normalized spacial score (nSPS) is 9.57. The monoisotopic (exact) mass is 294 g/mol. The van der Waals surface area contributed by atoms with Crippen LogP contribution < -0.4 is 4.74 Å². The van der Waals surface area contributed by atoms with E-state index in [-0.39, 0.29) is 0 Å². The first-order valence-electron chi connectivity index (χ1n) is 5.39. The third-order valence-corrected chi connectivity index (χ3v) is 2.38. The van der Waals surface area contributed by atoms with Gasteiger partial charge in [0.2, 0.25) is 0 Å². The van der Waals surface area contributed by atoms with E-state index in [0.29, 0.717) is 0 Å². The van der Waals surface area contributed by atoms with Crippen molar-refractivity contribution in [2.24, 2.45) is 0 Å². The van der Waals surface area contributed by atoms with Crippen LogP contribution in [0, 0.1) is 0 Å². The van der Waals surface area contributed by atoms with Gasteiger partial charge in [-0.15, -0.1) is 0 Å². The molecule has 0 saturated heterocycles. The molecule has 0 unspecified atom stereocenters. The van der Waals surface area contributed by atoms with E-state index in [9.17, 15) is 19.2 Å². The second kappa shape index (κ2) is 6.33. The quantitative estimate of drug-likeness (QED) is 0.467. The van der Waals surface area contributed by atoms with Crippen LogP contribution in [-0.2, 0) is 9.53 Å². The standard InChI is InChI=1S/C13H10O8/c1-3-8(14)21-7-5-4-6(11(15)16)9(12(17)18)10(7)13(19)20-2/h3-5H,1H2,2H3,(H,15,16)(H,17,18). The van der Waals surface area contributed by atoms with Crippen LogP contribution in [0.1, 0.15) is 31.1 Å². The fourth-order valence-corrected chi connectivity index (χ4v) is 1.52. The molecule has 0 saturated carbocycles. The molecule has 8 nitrogen and oxygen atoms in total. The third kappa shape index (κ3) is 3.24. The number of carboxylic acids is 2. The van der Waals surface area contributed by atoms with Crippen LogP contribution in [0.3, 0.4) is 0 Å². The van der Waals surface area contributed by atoms with Crippen molar-refractivity contribution in [1.82, 2.24) is 0 Å². The Kier molecular flexibility index (Phi) is 4.79. The van der Waals surface area contributed by atoms with Gasteiger partial charge in [0.25, 0.3) is 0 Å². The van der Waals surface area contributed by atoms with Crippen LogP contribution in [0.5, 0.6) is 5.75 Å². The van der Waals surface area contributed by atoms with E-state index in [4.69, 9.17) is 14.9 Å². The van der Waals surface area contributed by atoms with Gasteiger partial charge in [-0.1, -0.05) is 6.58 Å². The summed E-state index contributed by atoms with van der Waals surface area (Å²) >= 11 is 0. The molecule has 1 aromatic rings. The summed E-state index contributed by atoms with van der Waals surface area (Å²) in [6.07, 6.45) is 0.798. The van der Waals surface area contributed by atoms with Gasteiger partial charge in [0, 0.05) is 6.08 Å². The van der Waals surface area contributed by atoms with Gasteiger partial charge in [-0.05, 0) is 12.1 Å². The van der Waals surface area contributed by atoms with Gasteiger partial charge in [-0.25, -0.2) is 19.2 Å². The van der Waals surface area contributed by atoms with Crippen LogP contribution in [-0.4, -0.2) is 41.2 Å². The Bertz CT molecular complexity index is 644. The molecule has 0 aliphatic carbocycles. The lowest BCUT2D eigenvalue weighted by molar-refractivity contribution is -0.129. The Morgan fingerprint density at radius 2 is 1.71 bits per heavy atom. The summed E-state index contributed by atoms with van der Waals surface area (Å²) < 4.78 is 9.13. The van der Waals surface area contributed by atoms with E-state index in [0.717, 1.165) is 25.3 Å². The van der Waals surface area contributed by atoms with Crippen LogP contribution >= 0.6 is 0 Å². The lowest BCUT2D eigenvalue weighted by Crippen LogP contribution is -2.18. The maximum atomic E-state index is 11.7. The van der Waals surface area contributed by atoms with Crippen LogP contribution in [0.15, 0.2) is 24.8 Å². The number of hydrogen-bond acceptors (Lipinski definition) is 6. The molecular formula is C13H10O8. The minimum atomic E-state index is -1.68. The number of ether oxygens (including phenoxy) is 2. The lowest BCUT2D eigenvalue weighted by atomic mass is 9.99. The molecule has 2 N–H and O–H groups in total. The molecule has 0 aromatic heterocycles. The van der Waals surface area contributed by atoms with Crippen molar-refractivity contribution >= 4 is 23.9 Å². The summed E-state index contributed by atoms with van der Waals surface area (Å²) in [5, 5.41) is 18.1. The number of methoxy groups -OCH3 is 1. The summed E-state index contributed by atoms with van der Waals surface area (Å²) in [5.41, 5.74) is -2.13. The van der Waals surface area contributed by atoms with Gasteiger partial charge < -0.3 is 19.7 Å². The van der Waals surface area contributed by atoms with E-state index in [2.05, 4.69) is 11.3 Å². The van der Waals surface area contributed by atoms with E-state index in [1.165, 1.54) is 0 Å². The largest absolute Gasteiger partial charge is 0.478 e. The lowest BCUT2D eigenvalue weighted by Gasteiger charge is -2.12. The number of aromatic carboxylic acids is 2. The van der Waals surface area contributed by atoms with E-state index in [1.54, 1.807) is 0 Å². The number of hydrogen-bond donors (Lipinski definition) is 2. The van der Waals surface area contributed by atoms with Crippen molar-refractivity contribution in [3.8, 4) is 5.75 Å². The predicted octanol–water partition coefficient (Wildman–Crippen LogP) is 0.961. The van der Waals surface area contributed by atoms with Crippen molar-refractivity contribution in [2.75, 3.05) is 7.11 Å². The van der Waals surface area contributed by atoms with Gasteiger partial charge in [0.1, 0.15) is 11.3 Å². The molecule has 1 aromatic carbocycles. The third-order valence-electron chi connectivity index (χ3n) is 2.38. The molecule has 0 radical (unpaired) electrons. The maximum Gasteiger partial charge on any atom is 0.342 e. The van der Waals surface area contributed by atoms with Crippen molar-refractivity contribution in [3.63, 3.8) is 0 Å². The number of carbonyl (C=O) groups is 4. The van der Waals surface area contributed by atoms with Gasteiger partial charge in [0.05, 0.1) is 18.2 Å². The Balaban J connectivity index is 3.67. The smallest absolute Gasteiger partial charge is 0.342 e.